The van der Waals surface area contributed by atoms with Crippen molar-refractivity contribution in [3.8, 4) is 0 Å². The van der Waals surface area contributed by atoms with E-state index in [0.717, 1.165) is 12.3 Å². The normalized spacial score (nSPS) is 12.0. The second kappa shape index (κ2) is 6.22. The number of alkyl halides is 3. The molecule has 0 atom stereocenters. The SMILES string of the molecule is Cc1cc(C(F)(F)F)n2ncc(C(=O)NCc3ccc4[nH]c(=O)[nH]c4c3)c2n1. The van der Waals surface area contributed by atoms with Crippen LogP contribution in [0.3, 0.4) is 0 Å². The molecule has 4 rings (SSSR count). The zero-order valence-electron chi connectivity index (χ0n) is 14.4. The van der Waals surface area contributed by atoms with Gasteiger partial charge in [0.05, 0.1) is 17.2 Å². The number of rotatable bonds is 3. The molecule has 3 heterocycles. The Hall–Kier alpha value is -3.63. The molecule has 3 aromatic heterocycles. The predicted molar refractivity (Wildman–Crippen MR) is 92.8 cm³/mol. The van der Waals surface area contributed by atoms with Gasteiger partial charge in [-0.1, -0.05) is 6.07 Å². The van der Waals surface area contributed by atoms with Crippen LogP contribution in [0.25, 0.3) is 16.7 Å². The highest BCUT2D eigenvalue weighted by Crippen LogP contribution is 2.30. The Labute approximate surface area is 154 Å². The Balaban J connectivity index is 1.61. The number of halogens is 3. The van der Waals surface area contributed by atoms with Gasteiger partial charge in [-0.25, -0.2) is 14.3 Å². The van der Waals surface area contributed by atoms with Crippen LogP contribution in [-0.4, -0.2) is 30.5 Å². The lowest BCUT2D eigenvalue weighted by atomic mass is 10.2. The first-order chi connectivity index (χ1) is 13.2. The molecule has 28 heavy (non-hydrogen) atoms. The Morgan fingerprint density at radius 2 is 1.96 bits per heavy atom. The maximum atomic E-state index is 13.2. The second-order valence-electron chi connectivity index (χ2n) is 6.22. The number of amides is 1. The number of hydrogen-bond donors (Lipinski definition) is 3. The van der Waals surface area contributed by atoms with Gasteiger partial charge in [0.2, 0.25) is 0 Å². The first kappa shape index (κ1) is 17.8. The van der Waals surface area contributed by atoms with Crippen molar-refractivity contribution in [1.29, 1.82) is 0 Å². The minimum atomic E-state index is -4.63. The number of benzene rings is 1. The first-order valence-electron chi connectivity index (χ1n) is 8.14. The van der Waals surface area contributed by atoms with E-state index < -0.39 is 17.8 Å². The summed E-state index contributed by atoms with van der Waals surface area (Å²) in [5, 5.41) is 6.30. The summed E-state index contributed by atoms with van der Waals surface area (Å²) in [4.78, 5) is 33.0. The van der Waals surface area contributed by atoms with Crippen LogP contribution < -0.4 is 11.0 Å². The number of hydrogen-bond acceptors (Lipinski definition) is 4. The van der Waals surface area contributed by atoms with E-state index in [4.69, 9.17) is 0 Å². The Morgan fingerprint density at radius 3 is 2.71 bits per heavy atom. The summed E-state index contributed by atoms with van der Waals surface area (Å²) in [7, 11) is 0. The van der Waals surface area contributed by atoms with Crippen molar-refractivity contribution in [3.05, 3.63) is 63.5 Å². The van der Waals surface area contributed by atoms with E-state index >= 15 is 0 Å². The fraction of sp³-hybridized carbons (Fsp3) is 0.176. The monoisotopic (exact) mass is 390 g/mol. The molecule has 144 valence electrons. The van der Waals surface area contributed by atoms with Gasteiger partial charge in [0.25, 0.3) is 5.91 Å². The summed E-state index contributed by atoms with van der Waals surface area (Å²) in [5.41, 5.74) is 0.451. The van der Waals surface area contributed by atoms with Crippen molar-refractivity contribution < 1.29 is 18.0 Å². The van der Waals surface area contributed by atoms with Gasteiger partial charge in [0.15, 0.2) is 5.65 Å². The zero-order valence-corrected chi connectivity index (χ0v) is 14.4. The van der Waals surface area contributed by atoms with E-state index in [9.17, 15) is 22.8 Å². The molecule has 3 N–H and O–H groups in total. The molecule has 11 heteroatoms. The number of aromatic amines is 2. The molecular weight excluding hydrogens is 377 g/mol. The molecule has 8 nitrogen and oxygen atoms in total. The van der Waals surface area contributed by atoms with E-state index in [0.29, 0.717) is 21.1 Å². The highest BCUT2D eigenvalue weighted by atomic mass is 19.4. The molecule has 0 aliphatic heterocycles. The summed E-state index contributed by atoms with van der Waals surface area (Å²) in [6, 6.07) is 5.96. The van der Waals surface area contributed by atoms with E-state index in [1.807, 2.05) is 0 Å². The number of carbonyl (C=O) groups is 1. The van der Waals surface area contributed by atoms with Crippen LogP contribution in [0.5, 0.6) is 0 Å². The maximum Gasteiger partial charge on any atom is 0.433 e. The van der Waals surface area contributed by atoms with Crippen molar-refractivity contribution in [2.45, 2.75) is 19.6 Å². The minimum absolute atomic E-state index is 0.0645. The van der Waals surface area contributed by atoms with Gasteiger partial charge in [-0.3, -0.25) is 4.79 Å². The van der Waals surface area contributed by atoms with E-state index in [2.05, 4.69) is 25.4 Å². The Bertz CT molecular complexity index is 1270. The maximum absolute atomic E-state index is 13.2. The third kappa shape index (κ3) is 3.10. The lowest BCUT2D eigenvalue weighted by Crippen LogP contribution is -2.23. The Morgan fingerprint density at radius 1 is 1.21 bits per heavy atom. The average molecular weight is 390 g/mol. The topological polar surface area (TPSA) is 108 Å². The van der Waals surface area contributed by atoms with Crippen LogP contribution in [0.4, 0.5) is 13.2 Å². The third-order valence-corrected chi connectivity index (χ3v) is 4.17. The highest BCUT2D eigenvalue weighted by molar-refractivity contribution is 5.99. The summed E-state index contributed by atoms with van der Waals surface area (Å²) in [6.45, 7) is 1.52. The molecule has 0 saturated carbocycles. The van der Waals surface area contributed by atoms with Gasteiger partial charge in [0, 0.05) is 12.2 Å². The van der Waals surface area contributed by atoms with Gasteiger partial charge in [-0.15, -0.1) is 0 Å². The van der Waals surface area contributed by atoms with E-state index in [1.54, 1.807) is 18.2 Å². The van der Waals surface area contributed by atoms with Gasteiger partial charge in [-0.2, -0.15) is 18.3 Å². The molecule has 1 aromatic carbocycles. The minimum Gasteiger partial charge on any atom is -0.348 e. The van der Waals surface area contributed by atoms with Crippen LogP contribution in [0.1, 0.15) is 27.3 Å². The molecule has 0 spiro atoms. The number of H-pyrrole nitrogens is 2. The van der Waals surface area contributed by atoms with Gasteiger partial charge in [0.1, 0.15) is 11.3 Å². The van der Waals surface area contributed by atoms with Crippen molar-refractivity contribution in [2.24, 2.45) is 0 Å². The largest absolute Gasteiger partial charge is 0.433 e. The summed E-state index contributed by atoms with van der Waals surface area (Å²) in [5.74, 6) is -0.608. The number of aryl methyl sites for hydroxylation is 1. The van der Waals surface area contributed by atoms with Gasteiger partial charge in [-0.05, 0) is 30.7 Å². The standard InChI is InChI=1S/C17H13F3N6O2/c1-8-4-13(17(18,19)20)26-14(23-8)10(7-22-26)15(27)21-6-9-2-3-11-12(5-9)25-16(28)24-11/h2-5,7H,6H2,1H3,(H,21,27)(H2,24,25,28). The first-order valence-corrected chi connectivity index (χ1v) is 8.14. The zero-order chi connectivity index (χ0) is 20.1. The predicted octanol–water partition coefficient (Wildman–Crippen LogP) is 2.16. The number of aromatic nitrogens is 5. The number of imidazole rings is 1. The van der Waals surface area contributed by atoms with Crippen LogP contribution >= 0.6 is 0 Å². The molecule has 0 saturated heterocycles. The number of nitrogens with zero attached hydrogens (tertiary/aromatic N) is 3. The van der Waals surface area contributed by atoms with Crippen molar-refractivity contribution >= 4 is 22.6 Å². The molecule has 0 fully saturated rings. The Kier molecular flexibility index (Phi) is 3.95. The molecule has 4 aromatic rings. The summed E-state index contributed by atoms with van der Waals surface area (Å²) in [6.07, 6.45) is -3.58. The fourth-order valence-corrected chi connectivity index (χ4v) is 2.91. The molecule has 0 bridgehead atoms. The lowest BCUT2D eigenvalue weighted by Gasteiger charge is -2.10. The summed E-state index contributed by atoms with van der Waals surface area (Å²) < 4.78 is 40.2. The molecule has 0 aliphatic carbocycles. The molecule has 1 amide bonds. The van der Waals surface area contributed by atoms with Crippen LogP contribution in [0, 0.1) is 6.92 Å². The number of fused-ring (bicyclic) bond motifs is 2. The van der Waals surface area contributed by atoms with Crippen molar-refractivity contribution in [3.63, 3.8) is 0 Å². The van der Waals surface area contributed by atoms with Crippen LogP contribution in [0.2, 0.25) is 0 Å². The van der Waals surface area contributed by atoms with E-state index in [1.165, 1.54) is 6.92 Å². The smallest absolute Gasteiger partial charge is 0.348 e. The fourth-order valence-electron chi connectivity index (χ4n) is 2.91. The van der Waals surface area contributed by atoms with E-state index in [-0.39, 0.29) is 29.1 Å². The van der Waals surface area contributed by atoms with Crippen LogP contribution in [0.15, 0.2) is 35.3 Å². The third-order valence-electron chi connectivity index (χ3n) is 4.17. The molecule has 0 aliphatic rings. The number of carbonyl (C=O) groups excluding carboxylic acids is 1. The van der Waals surface area contributed by atoms with Crippen LogP contribution in [-0.2, 0) is 12.7 Å². The van der Waals surface area contributed by atoms with Crippen molar-refractivity contribution in [2.75, 3.05) is 0 Å². The second-order valence-corrected chi connectivity index (χ2v) is 6.22. The lowest BCUT2D eigenvalue weighted by molar-refractivity contribution is -0.142. The van der Waals surface area contributed by atoms with Gasteiger partial charge < -0.3 is 15.3 Å². The summed E-state index contributed by atoms with van der Waals surface area (Å²) >= 11 is 0. The van der Waals surface area contributed by atoms with Gasteiger partial charge >= 0.3 is 11.9 Å². The molecular formula is C17H13F3N6O2. The quantitative estimate of drug-likeness (QED) is 0.498. The molecule has 0 radical (unpaired) electrons. The number of nitrogens with one attached hydrogen (secondary N) is 3. The van der Waals surface area contributed by atoms with Crippen molar-refractivity contribution in [1.82, 2.24) is 29.9 Å². The average Bonchev–Trinajstić information content (AvgIpc) is 3.19. The highest BCUT2D eigenvalue weighted by Gasteiger charge is 2.35. The molecule has 0 unspecified atom stereocenters.